The summed E-state index contributed by atoms with van der Waals surface area (Å²) < 4.78 is 5.77. The van der Waals surface area contributed by atoms with E-state index in [0.29, 0.717) is 21.6 Å². The Balaban J connectivity index is 3.30. The fourth-order valence-corrected chi connectivity index (χ4v) is 1.94. The molecule has 0 aliphatic heterocycles. The third-order valence-corrected chi connectivity index (χ3v) is 2.95. The number of methoxy groups -OCH3 is 1. The number of rotatable bonds is 4. The predicted octanol–water partition coefficient (Wildman–Crippen LogP) is 1.86. The molecule has 0 amide bonds. The van der Waals surface area contributed by atoms with Gasteiger partial charge in [-0.25, -0.2) is 0 Å². The van der Waals surface area contributed by atoms with E-state index in [9.17, 15) is 0 Å². The van der Waals surface area contributed by atoms with Gasteiger partial charge in [-0.1, -0.05) is 0 Å². The van der Waals surface area contributed by atoms with Gasteiger partial charge in [-0.3, -0.25) is 0 Å². The molecule has 0 rings (SSSR count). The van der Waals surface area contributed by atoms with Crippen LogP contribution in [0.25, 0.3) is 0 Å². The van der Waals surface area contributed by atoms with Gasteiger partial charge in [-0.05, 0) is 0 Å². The zero-order valence-electron chi connectivity index (χ0n) is 5.69. The summed E-state index contributed by atoms with van der Waals surface area (Å²) >= 11 is 6.24. The van der Waals surface area contributed by atoms with Crippen molar-refractivity contribution in [1.82, 2.24) is 0 Å². The van der Waals surface area contributed by atoms with E-state index in [1.54, 1.807) is 7.11 Å². The Morgan fingerprint density at radius 3 is 2.89 bits per heavy atom. The molecule has 3 heteroatoms. The number of halogens is 1. The number of ether oxygens (including phenoxy) is 1. The molecule has 0 radical (unpaired) electrons. The Labute approximate surface area is 67.6 Å². The van der Waals surface area contributed by atoms with Gasteiger partial charge in [0.05, 0.1) is 0 Å². The summed E-state index contributed by atoms with van der Waals surface area (Å²) in [6.07, 6.45) is 1.92. The van der Waals surface area contributed by atoms with Crippen LogP contribution in [0.5, 0.6) is 0 Å². The van der Waals surface area contributed by atoms with Crippen molar-refractivity contribution in [3.8, 4) is 0 Å². The van der Waals surface area contributed by atoms with E-state index in [-0.39, 0.29) is 0 Å². The van der Waals surface area contributed by atoms with E-state index in [2.05, 4.69) is 6.92 Å². The van der Waals surface area contributed by atoms with Crippen molar-refractivity contribution in [2.24, 2.45) is 0 Å². The normalized spacial score (nSPS) is 12.1. The first kappa shape index (κ1) is 9.51. The molecule has 0 saturated carbocycles. The zero-order valence-corrected chi connectivity index (χ0v) is 8.16. The summed E-state index contributed by atoms with van der Waals surface area (Å²) in [4.78, 5) is 0. The molecule has 9 heavy (non-hydrogen) atoms. The minimum atomic E-state index is 0.472. The van der Waals surface area contributed by atoms with Gasteiger partial charge >= 0.3 is 67.3 Å². The molecular weight excluding hydrogens is 202 g/mol. The Morgan fingerprint density at radius 1 is 1.78 bits per heavy atom. The van der Waals surface area contributed by atoms with Crippen LogP contribution < -0.4 is 0 Å². The van der Waals surface area contributed by atoms with E-state index in [1.807, 2.05) is 6.08 Å². The van der Waals surface area contributed by atoms with Crippen LogP contribution in [0.3, 0.4) is 0 Å². The second-order valence-electron chi connectivity index (χ2n) is 1.40. The van der Waals surface area contributed by atoms with Crippen molar-refractivity contribution in [3.05, 3.63) is 10.0 Å². The van der Waals surface area contributed by atoms with Crippen molar-refractivity contribution in [2.75, 3.05) is 13.7 Å². The average Bonchev–Trinajstić information content (AvgIpc) is 1.85. The van der Waals surface area contributed by atoms with E-state index >= 15 is 0 Å². The first-order valence-corrected chi connectivity index (χ1v) is 5.23. The third-order valence-electron chi connectivity index (χ3n) is 0.693. The van der Waals surface area contributed by atoms with Crippen LogP contribution in [0.1, 0.15) is 6.92 Å². The number of hydrogen-bond donors (Lipinski definition) is 0. The topological polar surface area (TPSA) is 9.23 Å². The van der Waals surface area contributed by atoms with Crippen LogP contribution in [0.15, 0.2) is 10.0 Å². The molecule has 54 valence electrons. The maximum atomic E-state index is 5.77. The van der Waals surface area contributed by atoms with E-state index < -0.39 is 0 Å². The average molecular weight is 214 g/mol. The van der Waals surface area contributed by atoms with Gasteiger partial charge in [0.1, 0.15) is 0 Å². The van der Waals surface area contributed by atoms with Gasteiger partial charge in [0, 0.05) is 0 Å². The Kier molecular flexibility index (Phi) is 7.00. The first-order valence-electron chi connectivity index (χ1n) is 2.78. The molecule has 0 saturated heterocycles. The molecule has 0 fully saturated rings. The monoisotopic (exact) mass is 214 g/mol. The third kappa shape index (κ3) is 6.39. The molecule has 0 heterocycles. The molecule has 0 atom stereocenters. The zero-order chi connectivity index (χ0) is 7.11. The van der Waals surface area contributed by atoms with Crippen molar-refractivity contribution in [2.45, 2.75) is 12.2 Å². The van der Waals surface area contributed by atoms with Gasteiger partial charge in [-0.2, -0.15) is 0 Å². The summed E-state index contributed by atoms with van der Waals surface area (Å²) in [6.45, 7) is 2.77. The van der Waals surface area contributed by atoms with Gasteiger partial charge in [-0.15, -0.1) is 0 Å². The van der Waals surface area contributed by atoms with Gasteiger partial charge in [0.2, 0.25) is 0 Å². The van der Waals surface area contributed by atoms with E-state index in [0.717, 1.165) is 9.25 Å². The summed E-state index contributed by atoms with van der Waals surface area (Å²) in [5.74, 6) is 0. The van der Waals surface area contributed by atoms with Crippen LogP contribution >= 0.6 is 11.6 Å². The van der Waals surface area contributed by atoms with Crippen LogP contribution in [0.2, 0.25) is 5.32 Å². The Bertz CT molecular complexity index is 93.1. The fraction of sp³-hybridized carbons (Fsp3) is 0.667. The van der Waals surface area contributed by atoms with Crippen molar-refractivity contribution in [1.29, 1.82) is 0 Å². The molecule has 0 aromatic carbocycles. The fourth-order valence-electron chi connectivity index (χ4n) is 0.346. The van der Waals surface area contributed by atoms with E-state index in [4.69, 9.17) is 16.3 Å². The quantitative estimate of drug-likeness (QED) is 0.648. The molecule has 0 spiro atoms. The Hall–Kier alpha value is 0.509. The molecule has 1 nitrogen and oxygen atoms in total. The molecule has 0 bridgehead atoms. The van der Waals surface area contributed by atoms with Crippen molar-refractivity contribution >= 4 is 26.6 Å². The molecule has 0 aromatic rings. The van der Waals surface area contributed by atoms with Crippen molar-refractivity contribution in [3.63, 3.8) is 0 Å². The molecular formula is C6H11ClOSe. The van der Waals surface area contributed by atoms with Crippen LogP contribution in [-0.4, -0.2) is 28.7 Å². The van der Waals surface area contributed by atoms with E-state index in [1.165, 1.54) is 0 Å². The standard InChI is InChI=1S/C6H11ClOSe/c1-3-9-6(7)4-5-8-2/h4H,3,5H2,1-2H3/b6-4+. The van der Waals surface area contributed by atoms with Gasteiger partial charge in [0.25, 0.3) is 0 Å². The minimum absolute atomic E-state index is 0.472. The van der Waals surface area contributed by atoms with Gasteiger partial charge < -0.3 is 0 Å². The second kappa shape index (κ2) is 6.63. The summed E-state index contributed by atoms with van der Waals surface area (Å²) in [5.41, 5.74) is 0. The maximum absolute atomic E-state index is 5.77. The van der Waals surface area contributed by atoms with Crippen molar-refractivity contribution < 1.29 is 4.74 Å². The molecule has 0 unspecified atom stereocenters. The molecule has 0 aliphatic rings. The predicted molar refractivity (Wildman–Crippen MR) is 42.0 cm³/mol. The first-order chi connectivity index (χ1) is 4.31. The SMILES string of the molecule is CC[Se]/C(Cl)=C/COC. The van der Waals surface area contributed by atoms with Gasteiger partial charge in [0.15, 0.2) is 0 Å². The summed E-state index contributed by atoms with van der Waals surface area (Å²) in [6, 6.07) is 0. The van der Waals surface area contributed by atoms with Crippen LogP contribution in [0, 0.1) is 0 Å². The summed E-state index contributed by atoms with van der Waals surface area (Å²) in [5, 5.41) is 1.16. The number of hydrogen-bond acceptors (Lipinski definition) is 1. The molecule has 0 aliphatic carbocycles. The Morgan fingerprint density at radius 2 is 2.44 bits per heavy atom. The molecule has 0 N–H and O–H groups in total. The second-order valence-corrected chi connectivity index (χ2v) is 5.05. The van der Waals surface area contributed by atoms with Crippen LogP contribution in [0.4, 0.5) is 0 Å². The molecule has 0 aromatic heterocycles. The summed E-state index contributed by atoms with van der Waals surface area (Å²) in [7, 11) is 1.67. The van der Waals surface area contributed by atoms with Crippen LogP contribution in [-0.2, 0) is 4.74 Å².